The van der Waals surface area contributed by atoms with E-state index in [-0.39, 0.29) is 11.5 Å². The first kappa shape index (κ1) is 14.4. The highest BCUT2D eigenvalue weighted by Gasteiger charge is 2.23. The van der Waals surface area contributed by atoms with E-state index in [1.54, 1.807) is 12.1 Å². The quantitative estimate of drug-likeness (QED) is 0.654. The van der Waals surface area contributed by atoms with Gasteiger partial charge >= 0.3 is 5.97 Å². The van der Waals surface area contributed by atoms with Crippen molar-refractivity contribution in [3.63, 3.8) is 0 Å². The van der Waals surface area contributed by atoms with Gasteiger partial charge in [-0.05, 0) is 50.6 Å². The van der Waals surface area contributed by atoms with Gasteiger partial charge < -0.3 is 10.1 Å². The van der Waals surface area contributed by atoms with Gasteiger partial charge in [-0.1, -0.05) is 24.3 Å². The monoisotopic (exact) mass is 293 g/mol. The van der Waals surface area contributed by atoms with Crippen molar-refractivity contribution < 1.29 is 9.53 Å². The Kier molecular flexibility index (Phi) is 3.49. The second-order valence-electron chi connectivity index (χ2n) is 6.14. The van der Waals surface area contributed by atoms with Crippen LogP contribution in [0.2, 0.25) is 0 Å². The normalized spacial score (nSPS) is 15.3. The van der Waals surface area contributed by atoms with Gasteiger partial charge in [0.15, 0.2) is 0 Å². The Morgan fingerprint density at radius 2 is 1.82 bits per heavy atom. The number of anilines is 1. The first-order valence-electron chi connectivity index (χ1n) is 7.34. The summed E-state index contributed by atoms with van der Waals surface area (Å²) in [7, 11) is 0. The Labute approximate surface area is 130 Å². The van der Waals surface area contributed by atoms with Crippen LogP contribution in [0.4, 0.5) is 5.69 Å². The first-order valence-corrected chi connectivity index (χ1v) is 7.34. The number of nitrogens with one attached hydrogen (secondary N) is 1. The minimum Gasteiger partial charge on any atom is -0.423 e. The summed E-state index contributed by atoms with van der Waals surface area (Å²) >= 11 is 0. The molecule has 2 aromatic carbocycles. The average Bonchev–Trinajstić information content (AvgIpc) is 2.46. The van der Waals surface area contributed by atoms with Crippen molar-refractivity contribution in [2.24, 2.45) is 0 Å². The van der Waals surface area contributed by atoms with Crippen LogP contribution in [0.3, 0.4) is 0 Å². The van der Waals surface area contributed by atoms with E-state index in [0.717, 1.165) is 11.3 Å². The summed E-state index contributed by atoms with van der Waals surface area (Å²) in [5.74, 6) is 0.202. The largest absolute Gasteiger partial charge is 0.423 e. The van der Waals surface area contributed by atoms with Gasteiger partial charge in [-0.15, -0.1) is 0 Å². The molecule has 0 aromatic heterocycles. The van der Waals surface area contributed by atoms with E-state index in [9.17, 15) is 4.79 Å². The van der Waals surface area contributed by atoms with Gasteiger partial charge in [-0.3, -0.25) is 0 Å². The summed E-state index contributed by atoms with van der Waals surface area (Å²) in [6, 6.07) is 14.7. The molecule has 3 nitrogen and oxygen atoms in total. The molecular formula is C19H19NO2. The lowest BCUT2D eigenvalue weighted by Gasteiger charge is -2.31. The van der Waals surface area contributed by atoms with E-state index in [2.05, 4.69) is 32.2 Å². The molecule has 1 heterocycles. The fraction of sp³-hybridized carbons (Fsp3) is 0.211. The number of rotatable bonds is 2. The molecule has 0 spiro atoms. The van der Waals surface area contributed by atoms with Gasteiger partial charge in [-0.2, -0.15) is 0 Å². The maximum absolute atomic E-state index is 12.1. The summed E-state index contributed by atoms with van der Waals surface area (Å²) in [5, 5.41) is 3.45. The zero-order valence-electron chi connectivity index (χ0n) is 13.0. The van der Waals surface area contributed by atoms with Gasteiger partial charge in [0.05, 0.1) is 11.1 Å². The molecule has 0 unspecified atom stereocenters. The minimum atomic E-state index is -0.345. The summed E-state index contributed by atoms with van der Waals surface area (Å²) in [5.41, 5.74) is 3.78. The summed E-state index contributed by atoms with van der Waals surface area (Å²) in [6.07, 6.45) is 2.20. The molecule has 112 valence electrons. The third-order valence-corrected chi connectivity index (χ3v) is 3.67. The fourth-order valence-corrected chi connectivity index (χ4v) is 2.78. The summed E-state index contributed by atoms with van der Waals surface area (Å²) in [6.45, 7) is 6.32. The fourth-order valence-electron chi connectivity index (χ4n) is 2.78. The Balaban J connectivity index is 1.86. The van der Waals surface area contributed by atoms with Crippen molar-refractivity contribution >= 4 is 17.2 Å². The van der Waals surface area contributed by atoms with Gasteiger partial charge in [0.25, 0.3) is 0 Å². The molecule has 2 aromatic rings. The van der Waals surface area contributed by atoms with Crippen LogP contribution in [0.15, 0.2) is 54.6 Å². The van der Waals surface area contributed by atoms with E-state index < -0.39 is 0 Å². The molecule has 0 saturated heterocycles. The Bertz CT molecular complexity index is 745. The molecule has 3 heteroatoms. The number of esters is 1. The van der Waals surface area contributed by atoms with Crippen molar-refractivity contribution in [3.8, 4) is 5.75 Å². The highest BCUT2D eigenvalue weighted by molar-refractivity contribution is 5.91. The lowest BCUT2D eigenvalue weighted by Crippen LogP contribution is -2.31. The molecule has 1 aliphatic heterocycles. The van der Waals surface area contributed by atoms with Crippen LogP contribution in [0.25, 0.3) is 5.57 Å². The molecule has 0 amide bonds. The molecule has 0 atom stereocenters. The predicted octanol–water partition coefficient (Wildman–Crippen LogP) is 4.51. The Hall–Kier alpha value is -2.55. The molecular weight excluding hydrogens is 274 g/mol. The molecule has 0 saturated carbocycles. The molecule has 0 bridgehead atoms. The zero-order chi connectivity index (χ0) is 15.7. The van der Waals surface area contributed by atoms with Crippen molar-refractivity contribution in [3.05, 3.63) is 65.7 Å². The summed E-state index contributed by atoms with van der Waals surface area (Å²) < 4.78 is 5.47. The number of carbonyl (C=O) groups is 1. The van der Waals surface area contributed by atoms with Crippen molar-refractivity contribution in [1.82, 2.24) is 0 Å². The maximum Gasteiger partial charge on any atom is 0.343 e. The molecule has 0 fully saturated rings. The van der Waals surface area contributed by atoms with E-state index in [1.807, 2.05) is 36.4 Å². The minimum absolute atomic E-state index is 0.112. The number of hydrogen-bond acceptors (Lipinski definition) is 3. The second-order valence-corrected chi connectivity index (χ2v) is 6.14. The lowest BCUT2D eigenvalue weighted by molar-refractivity contribution is 0.0735. The SMILES string of the molecule is CC1=CC(C)(C)Nc2cc(OC(=O)c3ccccc3)ccc21. The number of fused-ring (bicyclic) bond motifs is 1. The molecule has 3 rings (SSSR count). The number of benzene rings is 2. The van der Waals surface area contributed by atoms with Gasteiger partial charge in [0, 0.05) is 17.3 Å². The lowest BCUT2D eigenvalue weighted by atomic mass is 9.91. The standard InChI is InChI=1S/C19H19NO2/c1-13-12-19(2,3)20-17-11-15(9-10-16(13)17)22-18(21)14-7-5-4-6-8-14/h4-12,20H,1-3H3. The summed E-state index contributed by atoms with van der Waals surface area (Å²) in [4.78, 5) is 12.1. The van der Waals surface area contributed by atoms with Crippen LogP contribution in [0, 0.1) is 0 Å². The van der Waals surface area contributed by atoms with E-state index in [4.69, 9.17) is 4.74 Å². The Morgan fingerprint density at radius 1 is 1.09 bits per heavy atom. The second kappa shape index (κ2) is 5.34. The van der Waals surface area contributed by atoms with Crippen LogP contribution in [0.1, 0.15) is 36.7 Å². The average molecular weight is 293 g/mol. The molecule has 0 aliphatic carbocycles. The van der Waals surface area contributed by atoms with Crippen molar-refractivity contribution in [2.45, 2.75) is 26.3 Å². The van der Waals surface area contributed by atoms with Gasteiger partial charge in [0.1, 0.15) is 5.75 Å². The van der Waals surface area contributed by atoms with Crippen LogP contribution in [-0.2, 0) is 0 Å². The van der Waals surface area contributed by atoms with E-state index in [1.165, 1.54) is 5.57 Å². The number of ether oxygens (including phenoxy) is 1. The maximum atomic E-state index is 12.1. The van der Waals surface area contributed by atoms with Crippen LogP contribution in [-0.4, -0.2) is 11.5 Å². The highest BCUT2D eigenvalue weighted by Crippen LogP contribution is 2.35. The smallest absolute Gasteiger partial charge is 0.343 e. The predicted molar refractivity (Wildman–Crippen MR) is 89.2 cm³/mol. The zero-order valence-corrected chi connectivity index (χ0v) is 13.0. The highest BCUT2D eigenvalue weighted by atomic mass is 16.5. The number of carbonyl (C=O) groups excluding carboxylic acids is 1. The third-order valence-electron chi connectivity index (χ3n) is 3.67. The topological polar surface area (TPSA) is 38.3 Å². The molecule has 22 heavy (non-hydrogen) atoms. The van der Waals surface area contributed by atoms with Gasteiger partial charge in [-0.25, -0.2) is 4.79 Å². The third kappa shape index (κ3) is 2.89. The van der Waals surface area contributed by atoms with Gasteiger partial charge in [0.2, 0.25) is 0 Å². The molecule has 1 N–H and O–H groups in total. The first-order chi connectivity index (χ1) is 10.4. The number of allylic oxidation sites excluding steroid dienone is 1. The van der Waals surface area contributed by atoms with Crippen LogP contribution in [0.5, 0.6) is 5.75 Å². The van der Waals surface area contributed by atoms with E-state index >= 15 is 0 Å². The molecule has 0 radical (unpaired) electrons. The van der Waals surface area contributed by atoms with Crippen molar-refractivity contribution in [2.75, 3.05) is 5.32 Å². The number of hydrogen-bond donors (Lipinski definition) is 1. The molecule has 1 aliphatic rings. The van der Waals surface area contributed by atoms with Crippen LogP contribution < -0.4 is 10.1 Å². The van der Waals surface area contributed by atoms with Crippen molar-refractivity contribution in [1.29, 1.82) is 0 Å². The Morgan fingerprint density at radius 3 is 2.55 bits per heavy atom. The van der Waals surface area contributed by atoms with E-state index in [0.29, 0.717) is 11.3 Å². The van der Waals surface area contributed by atoms with Crippen LogP contribution >= 0.6 is 0 Å².